The molecule has 3 nitrogen and oxygen atoms in total. The molecule has 203 valence electrons. The predicted molar refractivity (Wildman–Crippen MR) is 150 cm³/mol. The van der Waals surface area contributed by atoms with Crippen LogP contribution in [0.2, 0.25) is 0 Å². The normalized spacial score (nSPS) is 26.3. The summed E-state index contributed by atoms with van der Waals surface area (Å²) >= 11 is 0. The fraction of sp³-hybridized carbons (Fsp3) is 0.545. The molecule has 2 N–H and O–H groups in total. The molecule has 5 rings (SSSR count). The van der Waals surface area contributed by atoms with E-state index in [9.17, 15) is 10.2 Å². The van der Waals surface area contributed by atoms with Gasteiger partial charge in [-0.05, 0) is 69.5 Å². The molecule has 1 heterocycles. The van der Waals surface area contributed by atoms with E-state index < -0.39 is 0 Å². The molecule has 2 aromatic carbocycles. The minimum atomic E-state index is -0.350. The van der Waals surface area contributed by atoms with Gasteiger partial charge >= 0.3 is 0 Å². The van der Waals surface area contributed by atoms with Crippen LogP contribution in [0.5, 0.6) is 0 Å². The van der Waals surface area contributed by atoms with Crippen LogP contribution < -0.4 is 0 Å². The monoisotopic (exact) mass is 679 g/mol. The first-order chi connectivity index (χ1) is 16.8. The summed E-state index contributed by atoms with van der Waals surface area (Å²) in [6.45, 7) is 15.2. The Labute approximate surface area is 237 Å². The molecule has 4 heteroatoms. The molecule has 3 aromatic rings. The van der Waals surface area contributed by atoms with Crippen LogP contribution in [0.1, 0.15) is 79.7 Å². The van der Waals surface area contributed by atoms with Crippen molar-refractivity contribution in [3.63, 3.8) is 0 Å². The van der Waals surface area contributed by atoms with Crippen molar-refractivity contribution in [1.82, 2.24) is 4.98 Å². The summed E-state index contributed by atoms with van der Waals surface area (Å²) in [6, 6.07) is 20.0. The molecule has 1 radical (unpaired) electrons. The maximum Gasteiger partial charge on any atom is 0.0646 e. The van der Waals surface area contributed by atoms with E-state index in [1.807, 2.05) is 24.4 Å². The Morgan fingerprint density at radius 2 is 1.65 bits per heavy atom. The van der Waals surface area contributed by atoms with Crippen molar-refractivity contribution >= 4 is 10.8 Å². The smallest absolute Gasteiger partial charge is 0.0646 e. The molecule has 0 spiro atoms. The minimum Gasteiger partial charge on any atom is -0.392 e. The van der Waals surface area contributed by atoms with Crippen molar-refractivity contribution in [2.24, 2.45) is 22.7 Å². The number of hydrogen-bond acceptors (Lipinski definition) is 3. The Kier molecular flexibility index (Phi) is 9.12. The Bertz CT molecular complexity index is 1180. The third-order valence-electron chi connectivity index (χ3n) is 8.65. The molecular formula is C33H44IrNO2-. The summed E-state index contributed by atoms with van der Waals surface area (Å²) in [5, 5.41) is 23.4. The zero-order chi connectivity index (χ0) is 26.3. The van der Waals surface area contributed by atoms with Gasteiger partial charge in [0.05, 0.1) is 12.2 Å². The van der Waals surface area contributed by atoms with Gasteiger partial charge in [0, 0.05) is 32.2 Å². The van der Waals surface area contributed by atoms with E-state index >= 15 is 0 Å². The largest absolute Gasteiger partial charge is 0.392 e. The van der Waals surface area contributed by atoms with E-state index in [4.69, 9.17) is 0 Å². The van der Waals surface area contributed by atoms with Crippen molar-refractivity contribution in [2.45, 2.75) is 91.8 Å². The molecule has 0 saturated heterocycles. The van der Waals surface area contributed by atoms with Crippen LogP contribution in [0, 0.1) is 28.7 Å². The van der Waals surface area contributed by atoms with E-state index in [0.717, 1.165) is 24.1 Å². The van der Waals surface area contributed by atoms with E-state index in [2.05, 4.69) is 89.8 Å². The van der Waals surface area contributed by atoms with Gasteiger partial charge in [0.1, 0.15) is 0 Å². The molecule has 4 unspecified atom stereocenters. The van der Waals surface area contributed by atoms with Gasteiger partial charge < -0.3 is 15.2 Å². The zero-order valence-corrected chi connectivity index (χ0v) is 25.9. The first-order valence-corrected chi connectivity index (χ1v) is 13.5. The zero-order valence-electron chi connectivity index (χ0n) is 23.5. The Balaban J connectivity index is 0.000000205. The third kappa shape index (κ3) is 6.36. The fourth-order valence-corrected chi connectivity index (χ4v) is 6.32. The summed E-state index contributed by atoms with van der Waals surface area (Å²) < 4.78 is 0. The average Bonchev–Trinajstić information content (AvgIpc) is 2.98. The summed E-state index contributed by atoms with van der Waals surface area (Å²) in [5.41, 5.74) is 3.49. The maximum atomic E-state index is 10.5. The Morgan fingerprint density at radius 1 is 0.946 bits per heavy atom. The van der Waals surface area contributed by atoms with E-state index in [0.29, 0.717) is 5.92 Å². The Morgan fingerprint density at radius 3 is 2.30 bits per heavy atom. The number of benzene rings is 2. The van der Waals surface area contributed by atoms with Gasteiger partial charge in [-0.25, -0.2) is 0 Å². The minimum absolute atomic E-state index is 0. The van der Waals surface area contributed by atoms with E-state index in [-0.39, 0.29) is 54.5 Å². The SMILES string of the molecule is CC(C)(C)c1ccc2c(-c3[c-]cccc3)nccc2c1.CC1(C)CCCC2CC(C)(C)C(O)C2C1O.[Ir]. The van der Waals surface area contributed by atoms with Crippen LogP contribution in [0.25, 0.3) is 22.0 Å². The van der Waals surface area contributed by atoms with Gasteiger partial charge in [-0.15, -0.1) is 35.9 Å². The Hall–Kier alpha value is -1.58. The van der Waals surface area contributed by atoms with Crippen LogP contribution >= 0.6 is 0 Å². The van der Waals surface area contributed by atoms with Crippen LogP contribution in [-0.4, -0.2) is 27.4 Å². The summed E-state index contributed by atoms with van der Waals surface area (Å²) in [7, 11) is 0. The van der Waals surface area contributed by atoms with Crippen molar-refractivity contribution in [1.29, 1.82) is 0 Å². The molecule has 1 aromatic heterocycles. The summed E-state index contributed by atoms with van der Waals surface area (Å²) in [4.78, 5) is 4.54. The van der Waals surface area contributed by atoms with Crippen LogP contribution in [0.15, 0.2) is 54.7 Å². The average molecular weight is 679 g/mol. The van der Waals surface area contributed by atoms with Gasteiger partial charge in [0.25, 0.3) is 0 Å². The molecule has 37 heavy (non-hydrogen) atoms. The molecule has 0 bridgehead atoms. The number of aromatic nitrogens is 1. The predicted octanol–water partition coefficient (Wildman–Crippen LogP) is 7.58. The number of fused-ring (bicyclic) bond motifs is 2. The van der Waals surface area contributed by atoms with E-state index in [1.165, 1.54) is 29.2 Å². The van der Waals surface area contributed by atoms with Gasteiger partial charge in [0.15, 0.2) is 0 Å². The van der Waals surface area contributed by atoms with Crippen molar-refractivity contribution in [3.05, 3.63) is 66.4 Å². The third-order valence-corrected chi connectivity index (χ3v) is 8.65. The fourth-order valence-electron chi connectivity index (χ4n) is 6.32. The molecule has 0 aliphatic heterocycles. The second kappa shape index (κ2) is 11.3. The second-order valence-corrected chi connectivity index (χ2v) is 13.4. The van der Waals surface area contributed by atoms with E-state index in [1.54, 1.807) is 0 Å². The van der Waals surface area contributed by atoms with Crippen LogP contribution in [0.4, 0.5) is 0 Å². The second-order valence-electron chi connectivity index (χ2n) is 13.4. The van der Waals surface area contributed by atoms with Crippen LogP contribution in [-0.2, 0) is 25.5 Å². The molecule has 2 saturated carbocycles. The first kappa shape index (κ1) is 30.0. The number of nitrogens with zero attached hydrogens (tertiary/aromatic N) is 1. The molecule has 2 fully saturated rings. The summed E-state index contributed by atoms with van der Waals surface area (Å²) in [5.74, 6) is 0.606. The number of pyridine rings is 1. The van der Waals surface area contributed by atoms with Gasteiger partial charge in [-0.1, -0.05) is 73.1 Å². The maximum absolute atomic E-state index is 10.5. The molecule has 0 amide bonds. The van der Waals surface area contributed by atoms with Crippen LogP contribution in [0.3, 0.4) is 0 Å². The topological polar surface area (TPSA) is 53.4 Å². The molecule has 2 aliphatic carbocycles. The van der Waals surface area contributed by atoms with Gasteiger partial charge in [-0.2, -0.15) is 0 Å². The molecule has 4 atom stereocenters. The standard InChI is InChI=1S/C19H18N.C14H26O2.Ir/c1-19(2,3)16-9-10-17-15(13-16)11-12-20-18(17)14-7-5-4-6-8-14;1-13(2)7-5-6-9-8-14(3,4)12(16)10(9)11(13)15;/h4-7,9-13H,1-3H3;9-12,15-16H,5-8H2,1-4H3;/q-1;;. The van der Waals surface area contributed by atoms with Crippen molar-refractivity contribution < 1.29 is 30.3 Å². The first-order valence-electron chi connectivity index (χ1n) is 13.5. The van der Waals surface area contributed by atoms with Crippen molar-refractivity contribution in [3.8, 4) is 11.3 Å². The number of hydrogen-bond donors (Lipinski definition) is 2. The summed E-state index contributed by atoms with van der Waals surface area (Å²) in [6.07, 6.45) is 5.69. The number of rotatable bonds is 1. The molecular weight excluding hydrogens is 635 g/mol. The molecule has 2 aliphatic rings. The van der Waals surface area contributed by atoms with Crippen molar-refractivity contribution in [2.75, 3.05) is 0 Å². The van der Waals surface area contributed by atoms with Gasteiger partial charge in [-0.3, -0.25) is 0 Å². The van der Waals surface area contributed by atoms with Gasteiger partial charge in [0.2, 0.25) is 0 Å². The number of aliphatic hydroxyl groups is 2. The quantitative estimate of drug-likeness (QED) is 0.261. The number of aliphatic hydroxyl groups excluding tert-OH is 2.